The summed E-state index contributed by atoms with van der Waals surface area (Å²) in [7, 11) is -1.39. The highest BCUT2D eigenvalue weighted by Gasteiger charge is 2.15. The lowest BCUT2D eigenvalue weighted by Gasteiger charge is -2.16. The molecule has 0 saturated carbocycles. The third-order valence-electron chi connectivity index (χ3n) is 1.61. The van der Waals surface area contributed by atoms with Crippen LogP contribution in [0.15, 0.2) is 15.8 Å². The molecule has 0 fully saturated rings. The van der Waals surface area contributed by atoms with E-state index in [1.165, 1.54) is 10.8 Å². The first-order valence-corrected chi connectivity index (χ1v) is 8.37. The van der Waals surface area contributed by atoms with Gasteiger partial charge in [-0.25, -0.2) is 4.79 Å². The Hall–Kier alpha value is -0.813. The van der Waals surface area contributed by atoms with E-state index in [0.29, 0.717) is 6.17 Å². The summed E-state index contributed by atoms with van der Waals surface area (Å²) < 4.78 is 1.47. The van der Waals surface area contributed by atoms with Crippen LogP contribution in [0.4, 0.5) is 0 Å². The minimum absolute atomic E-state index is 0.0582. The minimum Gasteiger partial charge on any atom is -0.302 e. The summed E-state index contributed by atoms with van der Waals surface area (Å²) in [6.45, 7) is 6.41. The van der Waals surface area contributed by atoms with Crippen LogP contribution >= 0.6 is 11.6 Å². The van der Waals surface area contributed by atoms with Crippen molar-refractivity contribution in [3.05, 3.63) is 32.1 Å². The summed E-state index contributed by atoms with van der Waals surface area (Å²) in [5, 5.41) is 0.0582. The van der Waals surface area contributed by atoms with Crippen molar-refractivity contribution in [2.75, 3.05) is 0 Å². The number of nitrogens with one attached hydrogen (secondary N) is 1. The number of H-pyrrole nitrogens is 1. The molecule has 0 aromatic carbocycles. The maximum atomic E-state index is 11.3. The molecular weight excluding hydrogens is 220 g/mol. The molecule has 1 aromatic rings. The molecule has 0 atom stereocenters. The molecule has 0 radical (unpaired) electrons. The molecule has 0 saturated heterocycles. The van der Waals surface area contributed by atoms with Crippen LogP contribution in [-0.4, -0.2) is 17.6 Å². The summed E-state index contributed by atoms with van der Waals surface area (Å²) in [6, 6.07) is 0. The van der Waals surface area contributed by atoms with Crippen LogP contribution in [0.1, 0.15) is 0 Å². The number of hydrogen-bond acceptors (Lipinski definition) is 2. The van der Waals surface area contributed by atoms with Gasteiger partial charge in [0.05, 0.1) is 8.07 Å². The van der Waals surface area contributed by atoms with Gasteiger partial charge >= 0.3 is 5.69 Å². The van der Waals surface area contributed by atoms with Gasteiger partial charge in [0.15, 0.2) is 0 Å². The van der Waals surface area contributed by atoms with Crippen molar-refractivity contribution >= 4 is 19.7 Å². The van der Waals surface area contributed by atoms with E-state index in [0.717, 1.165) is 0 Å². The van der Waals surface area contributed by atoms with Crippen molar-refractivity contribution in [2.24, 2.45) is 0 Å². The number of nitrogens with zero attached hydrogens (tertiary/aromatic N) is 1. The monoisotopic (exact) mass is 232 g/mol. The van der Waals surface area contributed by atoms with Crippen LogP contribution in [0, 0.1) is 0 Å². The van der Waals surface area contributed by atoms with E-state index in [-0.39, 0.29) is 10.7 Å². The van der Waals surface area contributed by atoms with Gasteiger partial charge in [-0.1, -0.05) is 31.2 Å². The topological polar surface area (TPSA) is 54.9 Å². The highest BCUT2D eigenvalue weighted by Crippen LogP contribution is 2.04. The lowest BCUT2D eigenvalue weighted by atomic mass is 10.6. The van der Waals surface area contributed by atoms with E-state index in [9.17, 15) is 9.59 Å². The molecule has 1 N–H and O–H groups in total. The van der Waals surface area contributed by atoms with Crippen LogP contribution in [0.2, 0.25) is 24.7 Å². The average Bonchev–Trinajstić information content (AvgIpc) is 1.97. The zero-order valence-corrected chi connectivity index (χ0v) is 10.2. The van der Waals surface area contributed by atoms with Gasteiger partial charge in [0.2, 0.25) is 0 Å². The highest BCUT2D eigenvalue weighted by molar-refractivity contribution is 6.74. The van der Waals surface area contributed by atoms with Gasteiger partial charge in [-0.2, -0.15) is 0 Å². The summed E-state index contributed by atoms with van der Waals surface area (Å²) in [6.07, 6.45) is 2.06. The smallest absolute Gasteiger partial charge is 0.302 e. The van der Waals surface area contributed by atoms with Crippen molar-refractivity contribution < 1.29 is 0 Å². The normalized spacial score (nSPS) is 11.7. The van der Waals surface area contributed by atoms with Crippen molar-refractivity contribution in [1.29, 1.82) is 0 Å². The second-order valence-corrected chi connectivity index (χ2v) is 10.3. The molecule has 0 spiro atoms. The Balaban J connectivity index is 3.18. The molecule has 1 rings (SSSR count). The molecule has 14 heavy (non-hydrogen) atoms. The fourth-order valence-electron chi connectivity index (χ4n) is 1.11. The van der Waals surface area contributed by atoms with E-state index >= 15 is 0 Å². The third kappa shape index (κ3) is 2.85. The number of aromatic amines is 1. The third-order valence-corrected chi connectivity index (χ3v) is 3.17. The fraction of sp³-hybridized carbons (Fsp3) is 0.500. The van der Waals surface area contributed by atoms with Crippen LogP contribution in [0.3, 0.4) is 0 Å². The molecule has 0 unspecified atom stereocenters. The van der Waals surface area contributed by atoms with Crippen LogP contribution in [0.25, 0.3) is 0 Å². The van der Waals surface area contributed by atoms with E-state index < -0.39 is 13.6 Å². The van der Waals surface area contributed by atoms with Crippen molar-refractivity contribution in [3.8, 4) is 0 Å². The number of halogens is 1. The maximum Gasteiger partial charge on any atom is 0.328 e. The van der Waals surface area contributed by atoms with E-state index in [4.69, 9.17) is 11.6 Å². The summed E-state index contributed by atoms with van der Waals surface area (Å²) >= 11 is 5.63. The molecule has 0 bridgehead atoms. The van der Waals surface area contributed by atoms with Gasteiger partial charge < -0.3 is 4.57 Å². The molecule has 0 aliphatic carbocycles. The zero-order chi connectivity index (χ0) is 10.9. The molecule has 0 aliphatic rings. The standard InChI is InChI=1S/C8H13ClN2O2Si/c1-14(2,3)5-11-4-6(9)7(12)10-8(11)13/h4H,5H2,1-3H3,(H,10,12,13). The van der Waals surface area contributed by atoms with Crippen molar-refractivity contribution in [2.45, 2.75) is 25.8 Å². The first-order valence-electron chi connectivity index (χ1n) is 4.29. The van der Waals surface area contributed by atoms with Gasteiger partial charge in [-0.3, -0.25) is 9.78 Å². The fourth-order valence-corrected chi connectivity index (χ4v) is 2.53. The Morgan fingerprint density at radius 1 is 1.43 bits per heavy atom. The molecule has 78 valence electrons. The van der Waals surface area contributed by atoms with Crippen molar-refractivity contribution in [1.82, 2.24) is 9.55 Å². The van der Waals surface area contributed by atoms with E-state index in [1.54, 1.807) is 0 Å². The van der Waals surface area contributed by atoms with Gasteiger partial charge in [-0.05, 0) is 0 Å². The lowest BCUT2D eigenvalue weighted by Crippen LogP contribution is -2.37. The Labute approximate surface area is 87.5 Å². The highest BCUT2D eigenvalue weighted by atomic mass is 35.5. The number of rotatable bonds is 2. The summed E-state index contributed by atoms with van der Waals surface area (Å²) in [4.78, 5) is 24.5. The largest absolute Gasteiger partial charge is 0.328 e. The van der Waals surface area contributed by atoms with Gasteiger partial charge in [0.25, 0.3) is 5.56 Å². The van der Waals surface area contributed by atoms with Crippen LogP contribution in [-0.2, 0) is 6.17 Å². The van der Waals surface area contributed by atoms with Crippen LogP contribution < -0.4 is 11.2 Å². The Bertz CT molecular complexity index is 444. The van der Waals surface area contributed by atoms with E-state index in [2.05, 4.69) is 24.6 Å². The summed E-state index contributed by atoms with van der Waals surface area (Å²) in [5.74, 6) is 0. The van der Waals surface area contributed by atoms with Crippen LogP contribution in [0.5, 0.6) is 0 Å². The van der Waals surface area contributed by atoms with Gasteiger partial charge in [-0.15, -0.1) is 0 Å². The molecule has 1 aromatic heterocycles. The van der Waals surface area contributed by atoms with E-state index in [1.807, 2.05) is 0 Å². The molecule has 6 heteroatoms. The molecule has 0 aliphatic heterocycles. The second-order valence-electron chi connectivity index (χ2n) is 4.42. The molecule has 4 nitrogen and oxygen atoms in total. The average molecular weight is 233 g/mol. The maximum absolute atomic E-state index is 11.3. The molecule has 0 amide bonds. The van der Waals surface area contributed by atoms with Gasteiger partial charge in [0, 0.05) is 12.4 Å². The quantitative estimate of drug-likeness (QED) is 0.776. The zero-order valence-electron chi connectivity index (χ0n) is 8.43. The summed E-state index contributed by atoms with van der Waals surface area (Å²) in [5.41, 5.74) is -0.912. The predicted molar refractivity (Wildman–Crippen MR) is 59.7 cm³/mol. The molecular formula is C8H13ClN2O2Si. The van der Waals surface area contributed by atoms with Gasteiger partial charge in [0.1, 0.15) is 5.02 Å². The predicted octanol–water partition coefficient (Wildman–Crippen LogP) is 1.07. The molecule has 1 heterocycles. The Kier molecular flexibility index (Phi) is 3.01. The number of hydrogen-bond donors (Lipinski definition) is 1. The minimum atomic E-state index is -1.39. The second kappa shape index (κ2) is 3.74. The first-order chi connectivity index (χ1) is 6.29. The first kappa shape index (κ1) is 11.3. The Morgan fingerprint density at radius 3 is 2.50 bits per heavy atom. The van der Waals surface area contributed by atoms with Crippen molar-refractivity contribution in [3.63, 3.8) is 0 Å². The lowest BCUT2D eigenvalue weighted by molar-refractivity contribution is 0.759. The SMILES string of the molecule is C[Si](C)(C)Cn1cc(Cl)c(=O)[nH]c1=O. The Morgan fingerprint density at radius 2 is 2.00 bits per heavy atom. The number of aromatic nitrogens is 2.